The van der Waals surface area contributed by atoms with Gasteiger partial charge in [-0.3, -0.25) is 0 Å². The second-order valence-electron chi connectivity index (χ2n) is 5.16. The maximum absolute atomic E-state index is 9.17. The van der Waals surface area contributed by atoms with E-state index in [0.29, 0.717) is 5.46 Å². The van der Waals surface area contributed by atoms with Gasteiger partial charge in [0.15, 0.2) is 0 Å². The third-order valence-electron chi connectivity index (χ3n) is 3.53. The van der Waals surface area contributed by atoms with Crippen molar-refractivity contribution >= 4 is 24.0 Å². The van der Waals surface area contributed by atoms with Crippen LogP contribution in [0.3, 0.4) is 0 Å². The SMILES string of the molecule is OB(O)c1ccc(N=C(c2ccccc2)c2ccccc2)cc1. The molecule has 23 heavy (non-hydrogen) atoms. The van der Waals surface area contributed by atoms with Crippen LogP contribution >= 0.6 is 0 Å². The zero-order valence-corrected chi connectivity index (χ0v) is 12.5. The molecule has 0 radical (unpaired) electrons. The Bertz CT molecular complexity index is 743. The van der Waals surface area contributed by atoms with Crippen LogP contribution in [0, 0.1) is 0 Å². The molecule has 0 aliphatic heterocycles. The highest BCUT2D eigenvalue weighted by atomic mass is 16.4. The Balaban J connectivity index is 2.05. The van der Waals surface area contributed by atoms with Crippen molar-refractivity contribution in [2.75, 3.05) is 0 Å². The Kier molecular flexibility index (Phi) is 4.67. The topological polar surface area (TPSA) is 52.8 Å². The third-order valence-corrected chi connectivity index (χ3v) is 3.53. The number of hydrogen-bond donors (Lipinski definition) is 2. The van der Waals surface area contributed by atoms with Crippen molar-refractivity contribution in [3.05, 3.63) is 96.1 Å². The van der Waals surface area contributed by atoms with E-state index in [1.165, 1.54) is 0 Å². The van der Waals surface area contributed by atoms with E-state index in [9.17, 15) is 10.0 Å². The van der Waals surface area contributed by atoms with Crippen LogP contribution in [0.25, 0.3) is 0 Å². The zero-order chi connectivity index (χ0) is 16.1. The van der Waals surface area contributed by atoms with Crippen LogP contribution in [0.1, 0.15) is 11.1 Å². The van der Waals surface area contributed by atoms with Gasteiger partial charge in [0.05, 0.1) is 11.4 Å². The maximum Gasteiger partial charge on any atom is 0.488 e. The standard InChI is InChI=1S/C19H16BNO2/c22-20(23)17-11-13-18(14-12-17)21-19(15-7-3-1-4-8-15)16-9-5-2-6-10-16/h1-14,22-23H. The summed E-state index contributed by atoms with van der Waals surface area (Å²) >= 11 is 0. The third kappa shape index (κ3) is 3.75. The lowest BCUT2D eigenvalue weighted by molar-refractivity contribution is 0.426. The minimum Gasteiger partial charge on any atom is -0.423 e. The summed E-state index contributed by atoms with van der Waals surface area (Å²) in [6, 6.07) is 26.9. The van der Waals surface area contributed by atoms with Gasteiger partial charge in [-0.2, -0.15) is 0 Å². The van der Waals surface area contributed by atoms with Gasteiger partial charge in [-0.1, -0.05) is 72.8 Å². The molecule has 4 heteroatoms. The minimum atomic E-state index is -1.46. The number of rotatable bonds is 4. The normalized spacial score (nSPS) is 10.2. The van der Waals surface area contributed by atoms with Gasteiger partial charge in [0.2, 0.25) is 0 Å². The Hall–Kier alpha value is -2.69. The fourth-order valence-corrected chi connectivity index (χ4v) is 2.34. The minimum absolute atomic E-state index is 0.449. The van der Waals surface area contributed by atoms with Crippen LogP contribution in [0.5, 0.6) is 0 Å². The average Bonchev–Trinajstić information content (AvgIpc) is 2.61. The zero-order valence-electron chi connectivity index (χ0n) is 12.5. The van der Waals surface area contributed by atoms with E-state index in [4.69, 9.17) is 4.99 Å². The second kappa shape index (κ2) is 7.05. The lowest BCUT2D eigenvalue weighted by Gasteiger charge is -2.08. The monoisotopic (exact) mass is 301 g/mol. The highest BCUT2D eigenvalue weighted by Crippen LogP contribution is 2.17. The van der Waals surface area contributed by atoms with E-state index >= 15 is 0 Å². The number of benzene rings is 3. The summed E-state index contributed by atoms with van der Waals surface area (Å²) in [6.45, 7) is 0. The van der Waals surface area contributed by atoms with Gasteiger partial charge in [0.1, 0.15) is 0 Å². The van der Waals surface area contributed by atoms with Crippen LogP contribution < -0.4 is 5.46 Å². The Morgan fingerprint density at radius 2 is 1.13 bits per heavy atom. The van der Waals surface area contributed by atoms with Crippen LogP contribution in [-0.4, -0.2) is 22.9 Å². The average molecular weight is 301 g/mol. The molecule has 0 fully saturated rings. The molecule has 0 heterocycles. The van der Waals surface area contributed by atoms with Gasteiger partial charge in [-0.05, 0) is 17.6 Å². The summed E-state index contributed by atoms with van der Waals surface area (Å²) in [5, 5.41) is 18.3. The van der Waals surface area contributed by atoms with Gasteiger partial charge in [-0.25, -0.2) is 4.99 Å². The Morgan fingerprint density at radius 1 is 0.652 bits per heavy atom. The largest absolute Gasteiger partial charge is 0.488 e. The Labute approximate surface area is 135 Å². The summed E-state index contributed by atoms with van der Waals surface area (Å²) in [7, 11) is -1.46. The lowest BCUT2D eigenvalue weighted by Crippen LogP contribution is -2.29. The molecule has 0 amide bonds. The van der Waals surface area contributed by atoms with Gasteiger partial charge >= 0.3 is 7.12 Å². The van der Waals surface area contributed by atoms with Crippen molar-refractivity contribution < 1.29 is 10.0 Å². The Morgan fingerprint density at radius 3 is 1.57 bits per heavy atom. The molecule has 0 bridgehead atoms. The molecule has 0 unspecified atom stereocenters. The first kappa shape index (κ1) is 15.2. The van der Waals surface area contributed by atoms with Gasteiger partial charge in [-0.15, -0.1) is 0 Å². The van der Waals surface area contributed by atoms with E-state index in [2.05, 4.69) is 0 Å². The van der Waals surface area contributed by atoms with Crippen molar-refractivity contribution in [3.63, 3.8) is 0 Å². The van der Waals surface area contributed by atoms with Crippen molar-refractivity contribution in [1.29, 1.82) is 0 Å². The van der Waals surface area contributed by atoms with Crippen molar-refractivity contribution in [3.8, 4) is 0 Å². The number of hydrogen-bond acceptors (Lipinski definition) is 3. The smallest absolute Gasteiger partial charge is 0.423 e. The first-order chi connectivity index (χ1) is 11.2. The van der Waals surface area contributed by atoms with E-state index in [1.807, 2.05) is 60.7 Å². The van der Waals surface area contributed by atoms with Gasteiger partial charge < -0.3 is 10.0 Å². The molecular weight excluding hydrogens is 285 g/mol. The van der Waals surface area contributed by atoms with Crippen molar-refractivity contribution in [2.24, 2.45) is 4.99 Å². The first-order valence-corrected chi connectivity index (χ1v) is 7.40. The highest BCUT2D eigenvalue weighted by molar-refractivity contribution is 6.58. The summed E-state index contributed by atoms with van der Waals surface area (Å²) in [4.78, 5) is 4.75. The molecule has 3 aromatic carbocycles. The predicted octanol–water partition coefficient (Wildman–Crippen LogP) is 2.54. The fourth-order valence-electron chi connectivity index (χ4n) is 2.34. The molecule has 0 aliphatic rings. The van der Waals surface area contributed by atoms with E-state index < -0.39 is 7.12 Å². The van der Waals surface area contributed by atoms with Crippen LogP contribution in [0.15, 0.2) is 89.9 Å². The highest BCUT2D eigenvalue weighted by Gasteiger charge is 2.10. The molecule has 3 rings (SSSR count). The van der Waals surface area contributed by atoms with Crippen molar-refractivity contribution in [2.45, 2.75) is 0 Å². The second-order valence-corrected chi connectivity index (χ2v) is 5.16. The van der Waals surface area contributed by atoms with E-state index in [0.717, 1.165) is 22.5 Å². The van der Waals surface area contributed by atoms with E-state index in [-0.39, 0.29) is 0 Å². The summed E-state index contributed by atoms with van der Waals surface area (Å²) in [5.41, 5.74) is 4.15. The molecular formula is C19H16BNO2. The summed E-state index contributed by atoms with van der Waals surface area (Å²) in [6.07, 6.45) is 0. The first-order valence-electron chi connectivity index (χ1n) is 7.40. The fraction of sp³-hybridized carbons (Fsp3) is 0. The number of nitrogens with zero attached hydrogens (tertiary/aromatic N) is 1. The molecule has 0 saturated heterocycles. The summed E-state index contributed by atoms with van der Waals surface area (Å²) in [5.74, 6) is 0. The van der Waals surface area contributed by atoms with Gasteiger partial charge in [0, 0.05) is 11.1 Å². The van der Waals surface area contributed by atoms with E-state index in [1.54, 1.807) is 24.3 Å². The molecule has 3 aromatic rings. The molecule has 0 spiro atoms. The number of aliphatic imine (C=N–C) groups is 1. The molecule has 3 nitrogen and oxygen atoms in total. The van der Waals surface area contributed by atoms with Crippen molar-refractivity contribution in [1.82, 2.24) is 0 Å². The lowest BCUT2D eigenvalue weighted by atomic mass is 9.80. The summed E-state index contributed by atoms with van der Waals surface area (Å²) < 4.78 is 0. The molecule has 0 aromatic heterocycles. The molecule has 112 valence electrons. The van der Waals surface area contributed by atoms with Crippen LogP contribution in [0.4, 0.5) is 5.69 Å². The van der Waals surface area contributed by atoms with Gasteiger partial charge in [0.25, 0.3) is 0 Å². The van der Waals surface area contributed by atoms with Crippen LogP contribution in [-0.2, 0) is 0 Å². The molecule has 0 saturated carbocycles. The van der Waals surface area contributed by atoms with Crippen LogP contribution in [0.2, 0.25) is 0 Å². The molecule has 2 N–H and O–H groups in total. The molecule has 0 atom stereocenters. The predicted molar refractivity (Wildman–Crippen MR) is 94.5 cm³/mol. The quantitative estimate of drug-likeness (QED) is 0.575. The maximum atomic E-state index is 9.17. The molecule has 0 aliphatic carbocycles.